The van der Waals surface area contributed by atoms with Crippen LogP contribution < -0.4 is 4.74 Å². The third-order valence-electron chi connectivity index (χ3n) is 2.20. The number of aromatic amines is 1. The fraction of sp³-hybridized carbons (Fsp3) is 0.250. The van der Waals surface area contributed by atoms with Gasteiger partial charge in [0.1, 0.15) is 5.75 Å². The van der Waals surface area contributed by atoms with E-state index in [1.807, 2.05) is 30.5 Å². The summed E-state index contributed by atoms with van der Waals surface area (Å²) in [5, 5.41) is 1.07. The molecule has 1 aromatic heterocycles. The van der Waals surface area contributed by atoms with E-state index in [0.29, 0.717) is 0 Å². The largest absolute Gasteiger partial charge is 0.494 e. The van der Waals surface area contributed by atoms with E-state index < -0.39 is 0 Å². The molecular formula is C12H13NOS. The molecule has 0 atom stereocenters. The smallest absolute Gasteiger partial charge is 0.121 e. The second kappa shape index (κ2) is 4.45. The van der Waals surface area contributed by atoms with Crippen molar-refractivity contribution in [2.24, 2.45) is 0 Å². The van der Waals surface area contributed by atoms with Gasteiger partial charge in [-0.3, -0.25) is 0 Å². The predicted octanol–water partition coefficient (Wildman–Crippen LogP) is 3.69. The molecule has 0 fully saturated rings. The molecule has 1 N–H and O–H groups in total. The van der Waals surface area contributed by atoms with Crippen LogP contribution in [0.15, 0.2) is 30.5 Å². The summed E-state index contributed by atoms with van der Waals surface area (Å²) >= 11 is 5.22. The second-order valence-electron chi connectivity index (χ2n) is 3.40. The Morgan fingerprint density at radius 3 is 3.00 bits per heavy atom. The standard InChI is InChI=1S/C12H13NOS/c1-2-7-14-9-3-4-10-11(8-9)13-6-5-12(10)15/h3-6,8H,2,7H2,1H3,(H,13,15). The average molecular weight is 219 g/mol. The molecule has 2 nitrogen and oxygen atoms in total. The second-order valence-corrected chi connectivity index (χ2v) is 3.84. The Bertz CT molecular complexity index is 518. The Labute approximate surface area is 93.9 Å². The molecule has 1 heterocycles. The fourth-order valence-corrected chi connectivity index (χ4v) is 1.71. The van der Waals surface area contributed by atoms with Gasteiger partial charge in [0, 0.05) is 22.2 Å². The summed E-state index contributed by atoms with van der Waals surface area (Å²) in [6, 6.07) is 7.84. The van der Waals surface area contributed by atoms with Gasteiger partial charge in [-0.1, -0.05) is 19.1 Å². The zero-order chi connectivity index (χ0) is 10.7. The van der Waals surface area contributed by atoms with Crippen molar-refractivity contribution in [1.82, 2.24) is 4.98 Å². The first-order valence-electron chi connectivity index (χ1n) is 5.05. The number of pyridine rings is 1. The predicted molar refractivity (Wildman–Crippen MR) is 64.9 cm³/mol. The van der Waals surface area contributed by atoms with Crippen LogP contribution in [0.1, 0.15) is 13.3 Å². The van der Waals surface area contributed by atoms with Gasteiger partial charge in [0.2, 0.25) is 0 Å². The first-order chi connectivity index (χ1) is 7.31. The third kappa shape index (κ3) is 2.18. The molecule has 0 saturated carbocycles. The molecule has 78 valence electrons. The monoisotopic (exact) mass is 219 g/mol. The molecule has 2 aromatic rings. The molecule has 0 aliphatic carbocycles. The summed E-state index contributed by atoms with van der Waals surface area (Å²) < 4.78 is 6.42. The maximum atomic E-state index is 5.55. The zero-order valence-electron chi connectivity index (χ0n) is 8.62. The molecule has 0 amide bonds. The number of rotatable bonds is 3. The highest BCUT2D eigenvalue weighted by Crippen LogP contribution is 2.19. The van der Waals surface area contributed by atoms with Crippen molar-refractivity contribution in [1.29, 1.82) is 0 Å². The first-order valence-corrected chi connectivity index (χ1v) is 5.46. The summed E-state index contributed by atoms with van der Waals surface area (Å²) in [5.74, 6) is 0.890. The van der Waals surface area contributed by atoms with Crippen LogP contribution in [0, 0.1) is 4.51 Å². The number of hydrogen-bond acceptors (Lipinski definition) is 2. The molecule has 2 rings (SSSR count). The van der Waals surface area contributed by atoms with E-state index in [-0.39, 0.29) is 0 Å². The van der Waals surface area contributed by atoms with Crippen molar-refractivity contribution < 1.29 is 4.74 Å². The van der Waals surface area contributed by atoms with Crippen LogP contribution in [-0.4, -0.2) is 11.6 Å². The van der Waals surface area contributed by atoms with E-state index in [0.717, 1.165) is 34.2 Å². The van der Waals surface area contributed by atoms with Gasteiger partial charge in [0.15, 0.2) is 0 Å². The molecule has 0 aliphatic heterocycles. The van der Waals surface area contributed by atoms with Crippen LogP contribution >= 0.6 is 12.2 Å². The Morgan fingerprint density at radius 2 is 2.20 bits per heavy atom. The van der Waals surface area contributed by atoms with E-state index in [2.05, 4.69) is 11.9 Å². The van der Waals surface area contributed by atoms with E-state index in [9.17, 15) is 0 Å². The average Bonchev–Trinajstić information content (AvgIpc) is 2.26. The molecule has 0 saturated heterocycles. The lowest BCUT2D eigenvalue weighted by Crippen LogP contribution is -1.94. The lowest BCUT2D eigenvalue weighted by atomic mass is 10.2. The van der Waals surface area contributed by atoms with Crippen molar-refractivity contribution in [3.05, 3.63) is 35.0 Å². The number of ether oxygens (including phenoxy) is 1. The molecular weight excluding hydrogens is 206 g/mol. The summed E-state index contributed by atoms with van der Waals surface area (Å²) in [6.07, 6.45) is 2.87. The zero-order valence-corrected chi connectivity index (χ0v) is 9.43. The van der Waals surface area contributed by atoms with Gasteiger partial charge in [-0.05, 0) is 24.6 Å². The summed E-state index contributed by atoms with van der Waals surface area (Å²) in [5.41, 5.74) is 1.02. The third-order valence-corrected chi connectivity index (χ3v) is 2.56. The SMILES string of the molecule is CCCOc1ccc2c(=S)cc[nH]c2c1. The van der Waals surface area contributed by atoms with Crippen molar-refractivity contribution in [3.8, 4) is 5.75 Å². The van der Waals surface area contributed by atoms with Crippen molar-refractivity contribution in [3.63, 3.8) is 0 Å². The van der Waals surface area contributed by atoms with Gasteiger partial charge in [0.25, 0.3) is 0 Å². The summed E-state index contributed by atoms with van der Waals surface area (Å²) in [7, 11) is 0. The van der Waals surface area contributed by atoms with Gasteiger partial charge < -0.3 is 9.72 Å². The van der Waals surface area contributed by atoms with Gasteiger partial charge in [-0.25, -0.2) is 0 Å². The number of H-pyrrole nitrogens is 1. The Morgan fingerprint density at radius 1 is 1.33 bits per heavy atom. The number of hydrogen-bond donors (Lipinski definition) is 1. The minimum Gasteiger partial charge on any atom is -0.494 e. The molecule has 1 aromatic carbocycles. The van der Waals surface area contributed by atoms with Crippen LogP contribution in [0.4, 0.5) is 0 Å². The Hall–Kier alpha value is -1.35. The molecule has 0 radical (unpaired) electrons. The summed E-state index contributed by atoms with van der Waals surface area (Å²) in [6.45, 7) is 2.84. The highest BCUT2D eigenvalue weighted by Gasteiger charge is 1.98. The minimum absolute atomic E-state index is 0.749. The van der Waals surface area contributed by atoms with Crippen molar-refractivity contribution in [2.75, 3.05) is 6.61 Å². The molecule has 0 unspecified atom stereocenters. The Kier molecular flexibility index (Phi) is 3.02. The normalized spacial score (nSPS) is 10.5. The van der Waals surface area contributed by atoms with E-state index in [4.69, 9.17) is 17.0 Å². The number of aromatic nitrogens is 1. The lowest BCUT2D eigenvalue weighted by molar-refractivity contribution is 0.318. The molecule has 0 spiro atoms. The lowest BCUT2D eigenvalue weighted by Gasteiger charge is -2.05. The van der Waals surface area contributed by atoms with Crippen LogP contribution in [0.5, 0.6) is 5.75 Å². The molecule has 15 heavy (non-hydrogen) atoms. The summed E-state index contributed by atoms with van der Waals surface area (Å²) in [4.78, 5) is 3.16. The van der Waals surface area contributed by atoms with Crippen LogP contribution in [0.25, 0.3) is 10.9 Å². The van der Waals surface area contributed by atoms with Crippen LogP contribution in [-0.2, 0) is 0 Å². The first kappa shape index (κ1) is 10.2. The van der Waals surface area contributed by atoms with E-state index >= 15 is 0 Å². The van der Waals surface area contributed by atoms with Crippen molar-refractivity contribution in [2.45, 2.75) is 13.3 Å². The van der Waals surface area contributed by atoms with Crippen LogP contribution in [0.3, 0.4) is 0 Å². The highest BCUT2D eigenvalue weighted by atomic mass is 32.1. The quantitative estimate of drug-likeness (QED) is 0.796. The maximum Gasteiger partial charge on any atom is 0.121 e. The maximum absolute atomic E-state index is 5.55. The Balaban J connectivity index is 2.43. The molecule has 0 bridgehead atoms. The minimum atomic E-state index is 0.749. The van der Waals surface area contributed by atoms with E-state index in [1.165, 1.54) is 0 Å². The van der Waals surface area contributed by atoms with Gasteiger partial charge in [-0.2, -0.15) is 0 Å². The van der Waals surface area contributed by atoms with E-state index in [1.54, 1.807) is 0 Å². The highest BCUT2D eigenvalue weighted by molar-refractivity contribution is 7.71. The fourth-order valence-electron chi connectivity index (χ4n) is 1.46. The number of fused-ring (bicyclic) bond motifs is 1. The van der Waals surface area contributed by atoms with Gasteiger partial charge in [0.05, 0.1) is 12.1 Å². The molecule has 3 heteroatoms. The topological polar surface area (TPSA) is 25.0 Å². The van der Waals surface area contributed by atoms with Gasteiger partial charge in [-0.15, -0.1) is 0 Å². The molecule has 0 aliphatic rings. The number of benzene rings is 1. The van der Waals surface area contributed by atoms with Gasteiger partial charge >= 0.3 is 0 Å². The van der Waals surface area contributed by atoms with Crippen molar-refractivity contribution >= 4 is 23.1 Å². The van der Waals surface area contributed by atoms with Crippen LogP contribution in [0.2, 0.25) is 0 Å². The number of nitrogens with one attached hydrogen (secondary N) is 1.